The smallest absolute Gasteiger partial charge is 0.255 e. The highest BCUT2D eigenvalue weighted by molar-refractivity contribution is 6.30. The minimum Gasteiger partial charge on any atom is -0.368 e. The van der Waals surface area contributed by atoms with Gasteiger partial charge in [0, 0.05) is 28.5 Å². The molecule has 2 aromatic carbocycles. The normalized spacial score (nSPS) is 16.0. The van der Waals surface area contributed by atoms with Crippen LogP contribution in [0.1, 0.15) is 45.6 Å². The van der Waals surface area contributed by atoms with Crippen LogP contribution < -0.4 is 5.73 Å². The van der Waals surface area contributed by atoms with E-state index in [0.717, 1.165) is 0 Å². The first-order valence-corrected chi connectivity index (χ1v) is 9.90. The van der Waals surface area contributed by atoms with E-state index in [-0.39, 0.29) is 10.9 Å². The van der Waals surface area contributed by atoms with Crippen molar-refractivity contribution in [3.63, 3.8) is 0 Å². The molecule has 1 heterocycles. The number of benzene rings is 2. The van der Waals surface area contributed by atoms with E-state index in [2.05, 4.69) is 4.98 Å². The second-order valence-corrected chi connectivity index (χ2v) is 7.62. The lowest BCUT2D eigenvalue weighted by atomic mass is 9.99. The van der Waals surface area contributed by atoms with Crippen LogP contribution in [0, 0.1) is 5.82 Å². The number of fused-ring (bicyclic) bond motifs is 1. The molecule has 0 saturated heterocycles. The molecule has 2 atom stereocenters. The zero-order valence-electron chi connectivity index (χ0n) is 16.0. The molecule has 1 unspecified atom stereocenters. The lowest BCUT2D eigenvalue weighted by Crippen LogP contribution is -2.43. The minimum atomic E-state index is -1.07. The number of rotatable bonds is 5. The van der Waals surface area contributed by atoms with Crippen LogP contribution in [0.5, 0.6) is 0 Å². The second-order valence-electron chi connectivity index (χ2n) is 7.18. The van der Waals surface area contributed by atoms with Gasteiger partial charge in [0.25, 0.3) is 5.91 Å². The van der Waals surface area contributed by atoms with E-state index in [0.29, 0.717) is 35.1 Å². The molecule has 0 fully saturated rings. The number of nitrogens with two attached hydrogens (primary N) is 1. The molecule has 0 radical (unpaired) electrons. The summed E-state index contributed by atoms with van der Waals surface area (Å²) in [5, 5.41) is 0.238. The summed E-state index contributed by atoms with van der Waals surface area (Å²) < 4.78 is 14.5. The molecule has 5 nitrogen and oxygen atoms in total. The quantitative estimate of drug-likeness (QED) is 0.667. The monoisotopic (exact) mass is 423 g/mol. The van der Waals surface area contributed by atoms with Crippen LogP contribution >= 0.6 is 11.6 Å². The molecule has 1 aliphatic rings. The van der Waals surface area contributed by atoms with E-state index < -0.39 is 23.8 Å². The molecule has 3 aromatic rings. The Bertz CT molecular complexity index is 1090. The van der Waals surface area contributed by atoms with Gasteiger partial charge in [0.2, 0.25) is 5.91 Å². The van der Waals surface area contributed by atoms with Gasteiger partial charge in [-0.05, 0) is 54.3 Å². The van der Waals surface area contributed by atoms with E-state index in [1.165, 1.54) is 17.2 Å². The Morgan fingerprint density at radius 3 is 2.60 bits per heavy atom. The summed E-state index contributed by atoms with van der Waals surface area (Å²) in [4.78, 5) is 31.7. The fourth-order valence-electron chi connectivity index (χ4n) is 4.08. The summed E-state index contributed by atoms with van der Waals surface area (Å²) in [6.07, 6.45) is 3.97. The summed E-state index contributed by atoms with van der Waals surface area (Å²) in [5.41, 5.74) is 7.77. The van der Waals surface area contributed by atoms with Crippen LogP contribution in [-0.4, -0.2) is 21.7 Å². The van der Waals surface area contributed by atoms with E-state index in [9.17, 15) is 14.0 Å². The van der Waals surface area contributed by atoms with Crippen molar-refractivity contribution >= 4 is 23.4 Å². The topological polar surface area (TPSA) is 76.3 Å². The van der Waals surface area contributed by atoms with Crippen molar-refractivity contribution in [3.8, 4) is 0 Å². The average molecular weight is 424 g/mol. The van der Waals surface area contributed by atoms with Crippen molar-refractivity contribution in [2.45, 2.75) is 24.9 Å². The minimum absolute atomic E-state index is 0.238. The van der Waals surface area contributed by atoms with Crippen LogP contribution in [0.3, 0.4) is 0 Å². The first-order valence-electron chi connectivity index (χ1n) is 9.52. The lowest BCUT2D eigenvalue weighted by Gasteiger charge is -2.35. The summed E-state index contributed by atoms with van der Waals surface area (Å²) in [7, 11) is 0. The van der Waals surface area contributed by atoms with Gasteiger partial charge in [-0.1, -0.05) is 35.9 Å². The molecule has 152 valence electrons. The Kier molecular flexibility index (Phi) is 5.50. The molecule has 1 aliphatic carbocycles. The first-order chi connectivity index (χ1) is 14.5. The molecular formula is C23H19ClFN3O2. The Balaban J connectivity index is 1.88. The number of pyridine rings is 1. The molecule has 1 aromatic heterocycles. The predicted octanol–water partition coefficient (Wildman–Crippen LogP) is 4.23. The van der Waals surface area contributed by atoms with Crippen LogP contribution in [0.15, 0.2) is 67.0 Å². The average Bonchev–Trinajstić information content (AvgIpc) is 3.16. The van der Waals surface area contributed by atoms with Gasteiger partial charge in [0.05, 0.1) is 6.04 Å². The van der Waals surface area contributed by atoms with Gasteiger partial charge in [-0.25, -0.2) is 4.39 Å². The fourth-order valence-corrected chi connectivity index (χ4v) is 4.29. The summed E-state index contributed by atoms with van der Waals surface area (Å²) in [6, 6.07) is 13.3. The summed E-state index contributed by atoms with van der Waals surface area (Å²) in [5.74, 6) is -1.48. The number of aromatic nitrogens is 1. The van der Waals surface area contributed by atoms with E-state index >= 15 is 0 Å². The maximum atomic E-state index is 14.5. The van der Waals surface area contributed by atoms with Crippen molar-refractivity contribution in [2.24, 2.45) is 5.73 Å². The predicted molar refractivity (Wildman–Crippen MR) is 111 cm³/mol. The number of carbonyl (C=O) groups excluding carboxylic acids is 2. The number of halogens is 2. The van der Waals surface area contributed by atoms with Crippen LogP contribution in [0.2, 0.25) is 5.02 Å². The molecule has 0 saturated carbocycles. The Labute approximate surface area is 178 Å². The molecule has 0 spiro atoms. The van der Waals surface area contributed by atoms with Crippen molar-refractivity contribution in [1.29, 1.82) is 0 Å². The van der Waals surface area contributed by atoms with Gasteiger partial charge in [-0.3, -0.25) is 14.6 Å². The van der Waals surface area contributed by atoms with Crippen LogP contribution in [0.25, 0.3) is 0 Å². The Morgan fingerprint density at radius 2 is 1.93 bits per heavy atom. The van der Waals surface area contributed by atoms with Gasteiger partial charge in [-0.15, -0.1) is 0 Å². The van der Waals surface area contributed by atoms with Gasteiger partial charge in [0.1, 0.15) is 11.9 Å². The van der Waals surface area contributed by atoms with Crippen molar-refractivity contribution in [2.75, 3.05) is 0 Å². The third kappa shape index (κ3) is 3.66. The molecule has 2 amide bonds. The third-order valence-electron chi connectivity index (χ3n) is 5.36. The molecule has 0 bridgehead atoms. The highest BCUT2D eigenvalue weighted by atomic mass is 35.5. The zero-order chi connectivity index (χ0) is 21.3. The highest BCUT2D eigenvalue weighted by Crippen LogP contribution is 2.43. The van der Waals surface area contributed by atoms with E-state index in [1.807, 2.05) is 0 Å². The van der Waals surface area contributed by atoms with E-state index in [4.69, 9.17) is 17.3 Å². The Morgan fingerprint density at radius 1 is 1.17 bits per heavy atom. The molecule has 30 heavy (non-hydrogen) atoms. The van der Waals surface area contributed by atoms with Gasteiger partial charge in [-0.2, -0.15) is 0 Å². The number of hydrogen-bond donors (Lipinski definition) is 1. The molecule has 4 rings (SSSR count). The SMILES string of the molecule is NC(=O)C(c1cccnc1)N(C(=O)c1ccccc1)[C@@H]1CCc2c(F)cc(Cl)cc21. The van der Waals surface area contributed by atoms with Gasteiger partial charge >= 0.3 is 0 Å². The maximum Gasteiger partial charge on any atom is 0.255 e. The fraction of sp³-hybridized carbons (Fsp3) is 0.174. The standard InChI is InChI=1S/C23H19ClFN3O2/c24-16-11-18-17(19(25)12-16)8-9-20(18)28(23(30)14-5-2-1-3-6-14)21(22(26)29)15-7-4-10-27-13-15/h1-7,10-13,20-21H,8-9H2,(H2,26,29)/t20-,21?/m1/s1. The van der Waals surface area contributed by atoms with Crippen LogP contribution in [-0.2, 0) is 11.2 Å². The summed E-state index contributed by atoms with van der Waals surface area (Å²) >= 11 is 6.11. The number of carbonyl (C=O) groups is 2. The Hall–Kier alpha value is -3.25. The largest absolute Gasteiger partial charge is 0.368 e. The van der Waals surface area contributed by atoms with Crippen molar-refractivity contribution < 1.29 is 14.0 Å². The molecular weight excluding hydrogens is 405 g/mol. The molecule has 2 N–H and O–H groups in total. The van der Waals surface area contributed by atoms with Gasteiger partial charge < -0.3 is 10.6 Å². The van der Waals surface area contributed by atoms with Crippen LogP contribution in [0.4, 0.5) is 4.39 Å². The van der Waals surface area contributed by atoms with Gasteiger partial charge in [0.15, 0.2) is 0 Å². The first kappa shape index (κ1) is 20.0. The number of hydrogen-bond acceptors (Lipinski definition) is 3. The zero-order valence-corrected chi connectivity index (χ0v) is 16.7. The van der Waals surface area contributed by atoms with Crippen molar-refractivity contribution in [1.82, 2.24) is 9.88 Å². The third-order valence-corrected chi connectivity index (χ3v) is 5.58. The summed E-state index contributed by atoms with van der Waals surface area (Å²) in [6.45, 7) is 0. The highest BCUT2D eigenvalue weighted by Gasteiger charge is 2.40. The molecule has 7 heteroatoms. The van der Waals surface area contributed by atoms with E-state index in [1.54, 1.807) is 54.7 Å². The maximum absolute atomic E-state index is 14.5. The van der Waals surface area contributed by atoms with Crippen molar-refractivity contribution in [3.05, 3.63) is 100 Å². The lowest BCUT2D eigenvalue weighted by molar-refractivity contribution is -0.123. The molecule has 0 aliphatic heterocycles. The second kappa shape index (κ2) is 8.24. The number of primary amides is 1. The number of amides is 2. The number of nitrogens with zero attached hydrogens (tertiary/aromatic N) is 2.